The molecule has 0 saturated heterocycles. The van der Waals surface area contributed by atoms with E-state index in [1.807, 2.05) is 25.1 Å². The number of hydrogen-bond donors (Lipinski definition) is 1. The van der Waals surface area contributed by atoms with Crippen LogP contribution in [-0.2, 0) is 11.3 Å². The van der Waals surface area contributed by atoms with Crippen LogP contribution in [0, 0.1) is 0 Å². The van der Waals surface area contributed by atoms with Gasteiger partial charge in [-0.15, -0.1) is 10.2 Å². The van der Waals surface area contributed by atoms with Crippen LogP contribution in [-0.4, -0.2) is 40.0 Å². The minimum absolute atomic E-state index is 0.0152. The molecule has 152 valence electrons. The average Bonchev–Trinajstić information content (AvgIpc) is 3.43. The molecule has 0 aliphatic rings. The van der Waals surface area contributed by atoms with Gasteiger partial charge in [0.1, 0.15) is 0 Å². The highest BCUT2D eigenvalue weighted by Crippen LogP contribution is 2.18. The summed E-state index contributed by atoms with van der Waals surface area (Å²) >= 11 is 0. The SMILES string of the molecule is CCCN(Cc1nnc(-c2ccco2)o1)C(=O)CCCNC(=O)c1ccccc1. The van der Waals surface area contributed by atoms with Gasteiger partial charge in [0.15, 0.2) is 5.76 Å². The number of carbonyl (C=O) groups excluding carboxylic acids is 2. The van der Waals surface area contributed by atoms with Crippen LogP contribution in [0.1, 0.15) is 42.4 Å². The topological polar surface area (TPSA) is 101 Å². The number of furan rings is 1. The summed E-state index contributed by atoms with van der Waals surface area (Å²) in [6.07, 6.45) is 3.23. The van der Waals surface area contributed by atoms with Crippen molar-refractivity contribution in [3.05, 3.63) is 60.2 Å². The van der Waals surface area contributed by atoms with E-state index in [1.165, 1.54) is 6.26 Å². The lowest BCUT2D eigenvalue weighted by Gasteiger charge is -2.20. The quantitative estimate of drug-likeness (QED) is 0.528. The predicted octanol–water partition coefficient (Wildman–Crippen LogP) is 3.28. The van der Waals surface area contributed by atoms with Crippen molar-refractivity contribution < 1.29 is 18.4 Å². The molecule has 1 N–H and O–H groups in total. The molecule has 0 unspecified atom stereocenters. The van der Waals surface area contributed by atoms with Crippen LogP contribution in [0.2, 0.25) is 0 Å². The maximum atomic E-state index is 12.6. The molecule has 2 aromatic heterocycles. The summed E-state index contributed by atoms with van der Waals surface area (Å²) in [5.41, 5.74) is 0.607. The number of rotatable bonds is 10. The second-order valence-electron chi connectivity index (χ2n) is 6.52. The van der Waals surface area contributed by atoms with Crippen LogP contribution in [0.4, 0.5) is 0 Å². The van der Waals surface area contributed by atoms with Gasteiger partial charge in [0.05, 0.1) is 12.8 Å². The van der Waals surface area contributed by atoms with E-state index in [0.717, 1.165) is 6.42 Å². The summed E-state index contributed by atoms with van der Waals surface area (Å²) in [6.45, 7) is 3.27. The summed E-state index contributed by atoms with van der Waals surface area (Å²) in [7, 11) is 0. The zero-order valence-corrected chi connectivity index (χ0v) is 16.3. The average molecular weight is 396 g/mol. The van der Waals surface area contributed by atoms with Gasteiger partial charge in [0, 0.05) is 25.1 Å². The van der Waals surface area contributed by atoms with E-state index in [1.54, 1.807) is 29.2 Å². The molecule has 29 heavy (non-hydrogen) atoms. The molecule has 0 bridgehead atoms. The number of hydrogen-bond acceptors (Lipinski definition) is 6. The molecule has 2 heterocycles. The summed E-state index contributed by atoms with van der Waals surface area (Å²) < 4.78 is 10.8. The maximum Gasteiger partial charge on any atom is 0.283 e. The highest BCUT2D eigenvalue weighted by molar-refractivity contribution is 5.94. The molecule has 0 atom stereocenters. The van der Waals surface area contributed by atoms with Crippen molar-refractivity contribution in [1.82, 2.24) is 20.4 Å². The van der Waals surface area contributed by atoms with Crippen molar-refractivity contribution in [3.8, 4) is 11.7 Å². The third-order valence-electron chi connectivity index (χ3n) is 4.26. The number of amides is 2. The molecule has 0 fully saturated rings. The van der Waals surface area contributed by atoms with Crippen molar-refractivity contribution >= 4 is 11.8 Å². The smallest absolute Gasteiger partial charge is 0.283 e. The zero-order chi connectivity index (χ0) is 20.5. The van der Waals surface area contributed by atoms with E-state index in [0.29, 0.717) is 43.1 Å². The Balaban J connectivity index is 1.47. The maximum absolute atomic E-state index is 12.6. The largest absolute Gasteiger partial charge is 0.459 e. The third-order valence-corrected chi connectivity index (χ3v) is 4.26. The molecule has 0 radical (unpaired) electrons. The standard InChI is InChI=1S/C21H24N4O4/c1-2-13-25(15-18-23-24-21(29-18)17-10-7-14-28-17)19(26)11-6-12-22-20(27)16-8-4-3-5-9-16/h3-5,7-10,14H,2,6,11-13,15H2,1H3,(H,22,27). The first-order valence-corrected chi connectivity index (χ1v) is 9.64. The Morgan fingerprint density at radius 1 is 1.10 bits per heavy atom. The molecule has 8 heteroatoms. The molecule has 0 spiro atoms. The first-order valence-electron chi connectivity index (χ1n) is 9.64. The van der Waals surface area contributed by atoms with Crippen LogP contribution in [0.15, 0.2) is 57.6 Å². The Kier molecular flexibility index (Phi) is 7.16. The molecule has 1 aromatic carbocycles. The van der Waals surface area contributed by atoms with Gasteiger partial charge in [0.25, 0.3) is 11.8 Å². The van der Waals surface area contributed by atoms with Gasteiger partial charge in [-0.05, 0) is 37.1 Å². The lowest BCUT2D eigenvalue weighted by molar-refractivity contribution is -0.132. The van der Waals surface area contributed by atoms with Crippen molar-refractivity contribution in [2.75, 3.05) is 13.1 Å². The number of benzene rings is 1. The van der Waals surface area contributed by atoms with Gasteiger partial charge < -0.3 is 19.1 Å². The fourth-order valence-corrected chi connectivity index (χ4v) is 2.83. The first kappa shape index (κ1) is 20.3. The fourth-order valence-electron chi connectivity index (χ4n) is 2.83. The highest BCUT2D eigenvalue weighted by atomic mass is 16.4. The van der Waals surface area contributed by atoms with Crippen LogP contribution < -0.4 is 5.32 Å². The summed E-state index contributed by atoms with van der Waals surface area (Å²) in [6, 6.07) is 12.5. The Labute approximate surface area is 168 Å². The molecule has 2 amide bonds. The molecule has 8 nitrogen and oxygen atoms in total. The summed E-state index contributed by atoms with van der Waals surface area (Å²) in [5, 5.41) is 10.8. The number of nitrogens with one attached hydrogen (secondary N) is 1. The Morgan fingerprint density at radius 2 is 1.93 bits per heavy atom. The van der Waals surface area contributed by atoms with E-state index in [4.69, 9.17) is 8.83 Å². The number of carbonyl (C=O) groups is 2. The minimum Gasteiger partial charge on any atom is -0.459 e. The molecule has 0 aliphatic heterocycles. The Morgan fingerprint density at radius 3 is 2.66 bits per heavy atom. The second kappa shape index (κ2) is 10.2. The summed E-state index contributed by atoms with van der Waals surface area (Å²) in [5.74, 6) is 0.984. The van der Waals surface area contributed by atoms with Crippen molar-refractivity contribution in [2.24, 2.45) is 0 Å². The van der Waals surface area contributed by atoms with Gasteiger partial charge in [-0.25, -0.2) is 0 Å². The van der Waals surface area contributed by atoms with Crippen molar-refractivity contribution in [3.63, 3.8) is 0 Å². The van der Waals surface area contributed by atoms with Crippen molar-refractivity contribution in [1.29, 1.82) is 0 Å². The monoisotopic (exact) mass is 396 g/mol. The van der Waals surface area contributed by atoms with E-state index in [9.17, 15) is 9.59 Å². The molecule has 0 aliphatic carbocycles. The van der Waals surface area contributed by atoms with E-state index < -0.39 is 0 Å². The Bertz CT molecular complexity index is 906. The highest BCUT2D eigenvalue weighted by Gasteiger charge is 2.18. The predicted molar refractivity (Wildman–Crippen MR) is 106 cm³/mol. The molecule has 3 rings (SSSR count). The molecule has 0 saturated carbocycles. The van der Waals surface area contributed by atoms with Gasteiger partial charge in [-0.1, -0.05) is 25.1 Å². The van der Waals surface area contributed by atoms with Crippen LogP contribution in [0.3, 0.4) is 0 Å². The third kappa shape index (κ3) is 5.78. The Hall–Kier alpha value is -3.42. The normalized spacial score (nSPS) is 10.7. The zero-order valence-electron chi connectivity index (χ0n) is 16.3. The van der Waals surface area contributed by atoms with E-state index >= 15 is 0 Å². The number of nitrogens with zero attached hydrogens (tertiary/aromatic N) is 3. The minimum atomic E-state index is -0.139. The van der Waals surface area contributed by atoms with Crippen LogP contribution >= 0.6 is 0 Å². The second-order valence-corrected chi connectivity index (χ2v) is 6.52. The van der Waals surface area contributed by atoms with Gasteiger partial charge >= 0.3 is 0 Å². The van der Waals surface area contributed by atoms with Gasteiger partial charge in [-0.3, -0.25) is 9.59 Å². The van der Waals surface area contributed by atoms with Crippen molar-refractivity contribution in [2.45, 2.75) is 32.7 Å². The molecule has 3 aromatic rings. The fraction of sp³-hybridized carbons (Fsp3) is 0.333. The molecular weight excluding hydrogens is 372 g/mol. The van der Waals surface area contributed by atoms with E-state index in [-0.39, 0.29) is 24.2 Å². The van der Waals surface area contributed by atoms with Gasteiger partial charge in [0.2, 0.25) is 11.8 Å². The lowest BCUT2D eigenvalue weighted by atomic mass is 10.2. The van der Waals surface area contributed by atoms with Crippen LogP contribution in [0.25, 0.3) is 11.7 Å². The molecular formula is C21H24N4O4. The first-order chi connectivity index (χ1) is 14.2. The van der Waals surface area contributed by atoms with Gasteiger partial charge in [-0.2, -0.15) is 0 Å². The number of aromatic nitrogens is 2. The summed E-state index contributed by atoms with van der Waals surface area (Å²) in [4.78, 5) is 26.3. The van der Waals surface area contributed by atoms with Crippen LogP contribution in [0.5, 0.6) is 0 Å². The van der Waals surface area contributed by atoms with E-state index in [2.05, 4.69) is 15.5 Å². The lowest BCUT2D eigenvalue weighted by Crippen LogP contribution is -2.32.